The number of carbonyl (C=O) groups is 1. The molecule has 210 valence electrons. The summed E-state index contributed by atoms with van der Waals surface area (Å²) in [5.74, 6) is -2.76. The van der Waals surface area contributed by atoms with E-state index in [1.165, 1.54) is 48.1 Å². The Balaban J connectivity index is 0.000000532. The Morgan fingerprint density at radius 2 is 1.59 bits per heavy atom. The van der Waals surface area contributed by atoms with Crippen LogP contribution in [0.1, 0.15) is 36.0 Å². The van der Waals surface area contributed by atoms with E-state index < -0.39 is 12.1 Å². The van der Waals surface area contributed by atoms with Crippen LogP contribution in [0.5, 0.6) is 0 Å². The number of aliphatic carboxylic acids is 1. The topological polar surface area (TPSA) is 77.5 Å². The van der Waals surface area contributed by atoms with E-state index in [9.17, 15) is 13.2 Å². The summed E-state index contributed by atoms with van der Waals surface area (Å²) in [5, 5.41) is 14.2. The maximum atomic E-state index is 10.6. The van der Waals surface area contributed by atoms with Crippen molar-refractivity contribution < 1.29 is 23.1 Å². The first kappa shape index (κ1) is 30.3. The van der Waals surface area contributed by atoms with Gasteiger partial charge in [0.25, 0.3) is 0 Å². The van der Waals surface area contributed by atoms with Gasteiger partial charge in [-0.05, 0) is 75.1 Å². The lowest BCUT2D eigenvalue weighted by Crippen LogP contribution is -2.28. The lowest BCUT2D eigenvalue weighted by atomic mass is 10.1. The highest BCUT2D eigenvalue weighted by atomic mass is 19.4. The van der Waals surface area contributed by atoms with Crippen molar-refractivity contribution in [3.8, 4) is 11.3 Å². The summed E-state index contributed by atoms with van der Waals surface area (Å²) in [6, 6.07) is 24.5. The Morgan fingerprint density at radius 1 is 0.949 bits per heavy atom. The number of hydrogen-bond donors (Lipinski definition) is 3. The molecule has 1 aliphatic rings. The van der Waals surface area contributed by atoms with E-state index in [-0.39, 0.29) is 0 Å². The third kappa shape index (κ3) is 10.8. The fraction of sp³-hybridized carbons (Fsp3) is 0.400. The highest BCUT2D eigenvalue weighted by molar-refractivity contribution is 5.73. The normalized spacial score (nSPS) is 15.5. The number of pyridine rings is 1. The van der Waals surface area contributed by atoms with Crippen LogP contribution in [0.15, 0.2) is 72.9 Å². The zero-order valence-electron chi connectivity index (χ0n) is 22.3. The second-order valence-corrected chi connectivity index (χ2v) is 9.71. The number of rotatable bonds is 11. The van der Waals surface area contributed by atoms with Crippen LogP contribution in [0, 0.1) is 0 Å². The van der Waals surface area contributed by atoms with Gasteiger partial charge in [-0.15, -0.1) is 0 Å². The van der Waals surface area contributed by atoms with Crippen molar-refractivity contribution in [1.82, 2.24) is 20.5 Å². The number of alkyl halides is 3. The van der Waals surface area contributed by atoms with Crippen molar-refractivity contribution in [3.05, 3.63) is 89.6 Å². The molecule has 0 bridgehead atoms. The number of hydrogen-bond acceptors (Lipinski definition) is 5. The second kappa shape index (κ2) is 15.4. The van der Waals surface area contributed by atoms with Crippen LogP contribution in [0.2, 0.25) is 0 Å². The van der Waals surface area contributed by atoms with Gasteiger partial charge in [0, 0.05) is 30.9 Å². The summed E-state index contributed by atoms with van der Waals surface area (Å²) in [6.45, 7) is 5.09. The van der Waals surface area contributed by atoms with Crippen molar-refractivity contribution in [2.75, 3.05) is 26.7 Å². The Labute approximate surface area is 228 Å². The monoisotopic (exact) mass is 542 g/mol. The quantitative estimate of drug-likeness (QED) is 0.286. The lowest BCUT2D eigenvalue weighted by molar-refractivity contribution is -0.192. The van der Waals surface area contributed by atoms with Crippen molar-refractivity contribution in [1.29, 1.82) is 0 Å². The molecular weight excluding hydrogens is 505 g/mol. The van der Waals surface area contributed by atoms with E-state index >= 15 is 0 Å². The summed E-state index contributed by atoms with van der Waals surface area (Å²) in [6.07, 6.45) is 1.89. The van der Waals surface area contributed by atoms with Gasteiger partial charge in [0.15, 0.2) is 0 Å². The maximum Gasteiger partial charge on any atom is 0.490 e. The highest BCUT2D eigenvalue weighted by Crippen LogP contribution is 2.19. The number of likely N-dealkylation sites (tertiary alicyclic amines) is 1. The van der Waals surface area contributed by atoms with Crippen LogP contribution >= 0.6 is 0 Å². The predicted molar refractivity (Wildman–Crippen MR) is 147 cm³/mol. The van der Waals surface area contributed by atoms with Gasteiger partial charge in [-0.25, -0.2) is 4.79 Å². The molecule has 2 aromatic carbocycles. The lowest BCUT2D eigenvalue weighted by Gasteiger charge is -2.19. The average Bonchev–Trinajstić information content (AvgIpc) is 3.34. The molecule has 1 unspecified atom stereocenters. The molecule has 0 spiro atoms. The van der Waals surface area contributed by atoms with Crippen LogP contribution in [0.25, 0.3) is 11.3 Å². The van der Waals surface area contributed by atoms with Crippen LogP contribution in [-0.4, -0.2) is 59.9 Å². The Kier molecular flexibility index (Phi) is 11.9. The highest BCUT2D eigenvalue weighted by Gasteiger charge is 2.38. The van der Waals surface area contributed by atoms with Gasteiger partial charge in [-0.2, -0.15) is 13.2 Å². The first-order valence-electron chi connectivity index (χ1n) is 13.2. The van der Waals surface area contributed by atoms with E-state index in [4.69, 9.17) is 9.90 Å². The smallest absolute Gasteiger partial charge is 0.475 e. The summed E-state index contributed by atoms with van der Waals surface area (Å²) in [4.78, 5) is 16.1. The number of carboxylic acids is 1. The number of nitrogens with one attached hydrogen (secondary N) is 2. The summed E-state index contributed by atoms with van der Waals surface area (Å²) < 4.78 is 31.7. The minimum absolute atomic E-state index is 0.762. The van der Waals surface area contributed by atoms with E-state index in [0.717, 1.165) is 44.3 Å². The molecule has 9 heteroatoms. The van der Waals surface area contributed by atoms with Gasteiger partial charge in [0.05, 0.1) is 5.69 Å². The average molecular weight is 543 g/mol. The minimum Gasteiger partial charge on any atom is -0.475 e. The summed E-state index contributed by atoms with van der Waals surface area (Å²) in [7, 11) is 2.25. The maximum absolute atomic E-state index is 10.6. The molecular formula is C30H37F3N4O2. The number of aromatic nitrogens is 1. The molecule has 39 heavy (non-hydrogen) atoms. The number of halogens is 3. The van der Waals surface area contributed by atoms with Crippen molar-refractivity contribution >= 4 is 5.97 Å². The third-order valence-electron chi connectivity index (χ3n) is 6.73. The van der Waals surface area contributed by atoms with Crippen LogP contribution in [0.4, 0.5) is 13.2 Å². The van der Waals surface area contributed by atoms with Crippen molar-refractivity contribution in [2.24, 2.45) is 0 Å². The zero-order valence-corrected chi connectivity index (χ0v) is 22.3. The Hall–Kier alpha value is -3.27. The molecule has 4 rings (SSSR count). The van der Waals surface area contributed by atoms with Gasteiger partial charge >= 0.3 is 12.1 Å². The molecule has 1 aromatic heterocycles. The number of carboxylic acid groups (broad SMARTS) is 1. The molecule has 1 atom stereocenters. The molecule has 6 nitrogen and oxygen atoms in total. The van der Waals surface area contributed by atoms with E-state index in [1.54, 1.807) is 0 Å². The molecule has 3 aromatic rings. The molecule has 0 amide bonds. The molecule has 3 N–H and O–H groups in total. The molecule has 1 saturated heterocycles. The third-order valence-corrected chi connectivity index (χ3v) is 6.73. The van der Waals surface area contributed by atoms with E-state index in [2.05, 4.69) is 94.3 Å². The molecule has 2 heterocycles. The summed E-state index contributed by atoms with van der Waals surface area (Å²) in [5.41, 5.74) is 6.11. The van der Waals surface area contributed by atoms with Crippen LogP contribution in [0.3, 0.4) is 0 Å². The molecule has 1 aliphatic heterocycles. The molecule has 0 saturated carbocycles. The van der Waals surface area contributed by atoms with Gasteiger partial charge in [0.1, 0.15) is 0 Å². The fourth-order valence-electron chi connectivity index (χ4n) is 4.45. The minimum atomic E-state index is -5.08. The Bertz CT molecular complexity index is 1120. The first-order chi connectivity index (χ1) is 18.7. The Morgan fingerprint density at radius 3 is 2.18 bits per heavy atom. The number of nitrogens with zero attached hydrogens (tertiary/aromatic N) is 2. The summed E-state index contributed by atoms with van der Waals surface area (Å²) >= 11 is 0. The number of benzene rings is 2. The van der Waals surface area contributed by atoms with Gasteiger partial charge in [-0.3, -0.25) is 4.98 Å². The van der Waals surface area contributed by atoms with Gasteiger partial charge < -0.3 is 20.6 Å². The molecule has 1 fully saturated rings. The second-order valence-electron chi connectivity index (χ2n) is 9.71. The molecule has 0 aliphatic carbocycles. The van der Waals surface area contributed by atoms with Crippen LogP contribution < -0.4 is 10.6 Å². The van der Waals surface area contributed by atoms with E-state index in [0.29, 0.717) is 0 Å². The largest absolute Gasteiger partial charge is 0.490 e. The predicted octanol–water partition coefficient (Wildman–Crippen LogP) is 5.29. The van der Waals surface area contributed by atoms with Crippen molar-refractivity contribution in [3.63, 3.8) is 0 Å². The van der Waals surface area contributed by atoms with Gasteiger partial charge in [-0.1, -0.05) is 60.7 Å². The first-order valence-corrected chi connectivity index (χ1v) is 13.2. The van der Waals surface area contributed by atoms with E-state index in [1.807, 2.05) is 6.20 Å². The fourth-order valence-corrected chi connectivity index (χ4v) is 4.45. The van der Waals surface area contributed by atoms with Crippen molar-refractivity contribution in [2.45, 2.75) is 51.0 Å². The SMILES string of the molecule is CN1CCCC1CCNCc1ccc(-c2ccc(CNCCc3ccccc3)cn2)cc1.O=C(O)C(F)(F)F. The molecule has 0 radical (unpaired) electrons. The standard InChI is InChI=1S/C28H36N4.C2HF3O2/c1-32-19-5-8-27(32)16-18-30-20-24-9-12-26(13-10-24)28-14-11-25(22-31-28)21-29-17-15-23-6-3-2-4-7-23;3-2(4,5)1(6)7/h2-4,6-7,9-14,22,27,29-30H,5,8,15-21H2,1H3;(H,6,7). The van der Waals surface area contributed by atoms with Gasteiger partial charge in [0.2, 0.25) is 0 Å². The zero-order chi connectivity index (χ0) is 28.1. The van der Waals surface area contributed by atoms with Crippen LogP contribution in [-0.2, 0) is 24.3 Å².